The number of amides is 1. The summed E-state index contributed by atoms with van der Waals surface area (Å²) < 4.78 is 38.9. The molecular weight excluding hydrogens is 381 g/mol. The van der Waals surface area contributed by atoms with Gasteiger partial charge in [-0.15, -0.1) is 0 Å². The number of halogens is 3. The van der Waals surface area contributed by atoms with Crippen molar-refractivity contribution in [2.45, 2.75) is 45.5 Å². The fourth-order valence-electron chi connectivity index (χ4n) is 3.23. The molecule has 0 fully saturated rings. The summed E-state index contributed by atoms with van der Waals surface area (Å²) in [7, 11) is 0. The standard InChI is InChI=1S/C22H23F3N2O2/c1-3-21(28)27(13-16-5-4-6-18(11-16)22(23,24)25)14-19-12-20(26-29-19)17-9-7-15(2)8-10-17/h4-11,19H,3,12-14H2,1-2H3/t19-/m1/s1. The molecule has 1 aliphatic rings. The van der Waals surface area contributed by atoms with E-state index in [-0.39, 0.29) is 31.5 Å². The third kappa shape index (κ3) is 5.37. The van der Waals surface area contributed by atoms with E-state index in [2.05, 4.69) is 5.16 Å². The Labute approximate surface area is 168 Å². The lowest BCUT2D eigenvalue weighted by atomic mass is 10.0. The average molecular weight is 404 g/mol. The lowest BCUT2D eigenvalue weighted by Crippen LogP contribution is -2.37. The SMILES string of the molecule is CCC(=O)N(Cc1cccc(C(F)(F)F)c1)C[C@H]1CC(c2ccc(C)cc2)=NO1. The minimum atomic E-state index is -4.42. The number of nitrogens with zero attached hydrogens (tertiary/aromatic N) is 2. The smallest absolute Gasteiger partial charge is 0.390 e. The van der Waals surface area contributed by atoms with Crippen LogP contribution in [0, 0.1) is 6.92 Å². The Kier molecular flexibility index (Phi) is 6.25. The Morgan fingerprint density at radius 1 is 1.21 bits per heavy atom. The van der Waals surface area contributed by atoms with Crippen LogP contribution in [-0.4, -0.2) is 29.2 Å². The van der Waals surface area contributed by atoms with Gasteiger partial charge in [-0.1, -0.05) is 54.0 Å². The van der Waals surface area contributed by atoms with Crippen LogP contribution in [-0.2, 0) is 22.4 Å². The first-order valence-electron chi connectivity index (χ1n) is 9.50. The number of rotatable bonds is 6. The van der Waals surface area contributed by atoms with Crippen molar-refractivity contribution < 1.29 is 22.8 Å². The molecule has 2 aromatic rings. The molecule has 0 bridgehead atoms. The highest BCUT2D eigenvalue weighted by atomic mass is 19.4. The van der Waals surface area contributed by atoms with Gasteiger partial charge in [-0.25, -0.2) is 0 Å². The molecule has 0 spiro atoms. The predicted molar refractivity (Wildman–Crippen MR) is 104 cm³/mol. The Morgan fingerprint density at radius 3 is 2.59 bits per heavy atom. The van der Waals surface area contributed by atoms with E-state index < -0.39 is 11.7 Å². The van der Waals surface area contributed by atoms with Gasteiger partial charge in [0.05, 0.1) is 17.8 Å². The first-order valence-corrected chi connectivity index (χ1v) is 9.50. The molecule has 1 aliphatic heterocycles. The summed E-state index contributed by atoms with van der Waals surface area (Å²) in [5, 5.41) is 4.14. The monoisotopic (exact) mass is 404 g/mol. The van der Waals surface area contributed by atoms with Crippen LogP contribution in [0.25, 0.3) is 0 Å². The zero-order valence-corrected chi connectivity index (χ0v) is 16.4. The molecule has 154 valence electrons. The van der Waals surface area contributed by atoms with E-state index >= 15 is 0 Å². The zero-order chi connectivity index (χ0) is 21.0. The van der Waals surface area contributed by atoms with Crippen molar-refractivity contribution in [2.24, 2.45) is 5.16 Å². The molecule has 4 nitrogen and oxygen atoms in total. The lowest BCUT2D eigenvalue weighted by molar-refractivity contribution is -0.137. The highest BCUT2D eigenvalue weighted by molar-refractivity contribution is 6.01. The predicted octanol–water partition coefficient (Wildman–Crippen LogP) is 4.95. The van der Waals surface area contributed by atoms with Crippen LogP contribution >= 0.6 is 0 Å². The molecule has 0 aromatic heterocycles. The number of hydrogen-bond donors (Lipinski definition) is 0. The Hall–Kier alpha value is -2.83. The summed E-state index contributed by atoms with van der Waals surface area (Å²) in [6.45, 7) is 4.09. The van der Waals surface area contributed by atoms with Crippen molar-refractivity contribution in [3.8, 4) is 0 Å². The van der Waals surface area contributed by atoms with Crippen molar-refractivity contribution in [3.63, 3.8) is 0 Å². The molecule has 1 heterocycles. The maximum absolute atomic E-state index is 13.0. The Bertz CT molecular complexity index is 892. The number of oxime groups is 1. The molecule has 0 radical (unpaired) electrons. The molecule has 29 heavy (non-hydrogen) atoms. The number of carbonyl (C=O) groups is 1. The van der Waals surface area contributed by atoms with Crippen LogP contribution in [0.3, 0.4) is 0 Å². The van der Waals surface area contributed by atoms with Crippen molar-refractivity contribution in [3.05, 3.63) is 70.8 Å². The van der Waals surface area contributed by atoms with Crippen LogP contribution < -0.4 is 0 Å². The average Bonchev–Trinajstić information content (AvgIpc) is 3.15. The second-order valence-electron chi connectivity index (χ2n) is 7.16. The fourth-order valence-corrected chi connectivity index (χ4v) is 3.23. The first-order chi connectivity index (χ1) is 13.8. The third-order valence-corrected chi connectivity index (χ3v) is 4.82. The van der Waals surface area contributed by atoms with Gasteiger partial charge in [0.25, 0.3) is 0 Å². The second-order valence-corrected chi connectivity index (χ2v) is 7.16. The number of hydrogen-bond acceptors (Lipinski definition) is 3. The van der Waals surface area contributed by atoms with Gasteiger partial charge < -0.3 is 9.74 Å². The minimum Gasteiger partial charge on any atom is -0.390 e. The van der Waals surface area contributed by atoms with E-state index in [1.54, 1.807) is 13.0 Å². The first kappa shape index (κ1) is 20.9. The third-order valence-electron chi connectivity index (χ3n) is 4.82. The van der Waals surface area contributed by atoms with E-state index in [9.17, 15) is 18.0 Å². The summed E-state index contributed by atoms with van der Waals surface area (Å²) in [5.41, 5.74) is 2.62. The molecular formula is C22H23F3N2O2. The van der Waals surface area contributed by atoms with Gasteiger partial charge in [0.2, 0.25) is 5.91 Å². The molecule has 0 unspecified atom stereocenters. The number of aryl methyl sites for hydroxylation is 1. The van der Waals surface area contributed by atoms with Gasteiger partial charge in [-0.05, 0) is 30.2 Å². The van der Waals surface area contributed by atoms with Gasteiger partial charge in [0.1, 0.15) is 0 Å². The summed E-state index contributed by atoms with van der Waals surface area (Å²) in [6.07, 6.45) is -3.94. The molecule has 3 rings (SSSR count). The van der Waals surface area contributed by atoms with Crippen LogP contribution in [0.2, 0.25) is 0 Å². The van der Waals surface area contributed by atoms with Crippen LogP contribution in [0.15, 0.2) is 53.7 Å². The van der Waals surface area contributed by atoms with Gasteiger partial charge in [-0.3, -0.25) is 4.79 Å². The largest absolute Gasteiger partial charge is 0.416 e. The number of benzene rings is 2. The molecule has 2 aromatic carbocycles. The van der Waals surface area contributed by atoms with Crippen LogP contribution in [0.5, 0.6) is 0 Å². The molecule has 0 saturated carbocycles. The minimum absolute atomic E-state index is 0.0936. The van der Waals surface area contributed by atoms with E-state index in [1.165, 1.54) is 11.0 Å². The van der Waals surface area contributed by atoms with E-state index in [4.69, 9.17) is 4.84 Å². The van der Waals surface area contributed by atoms with Crippen molar-refractivity contribution in [2.75, 3.05) is 6.54 Å². The summed E-state index contributed by atoms with van der Waals surface area (Å²) in [5.74, 6) is -0.144. The highest BCUT2D eigenvalue weighted by Gasteiger charge is 2.31. The van der Waals surface area contributed by atoms with E-state index in [1.807, 2.05) is 31.2 Å². The number of alkyl halides is 3. The number of carbonyl (C=O) groups excluding carboxylic acids is 1. The molecule has 1 atom stereocenters. The van der Waals surface area contributed by atoms with E-state index in [0.29, 0.717) is 12.0 Å². The maximum Gasteiger partial charge on any atom is 0.416 e. The van der Waals surface area contributed by atoms with Crippen molar-refractivity contribution in [1.29, 1.82) is 0 Å². The van der Waals surface area contributed by atoms with Gasteiger partial charge in [0, 0.05) is 19.4 Å². The van der Waals surface area contributed by atoms with E-state index in [0.717, 1.165) is 29.0 Å². The van der Waals surface area contributed by atoms with Gasteiger partial charge in [-0.2, -0.15) is 13.2 Å². The van der Waals surface area contributed by atoms with Gasteiger partial charge in [0.15, 0.2) is 6.10 Å². The Morgan fingerprint density at radius 2 is 1.93 bits per heavy atom. The lowest BCUT2D eigenvalue weighted by Gasteiger charge is -2.25. The molecule has 0 saturated heterocycles. The summed E-state index contributed by atoms with van der Waals surface area (Å²) in [4.78, 5) is 19.4. The Balaban J connectivity index is 1.68. The molecule has 1 amide bonds. The van der Waals surface area contributed by atoms with Crippen LogP contribution in [0.1, 0.15) is 42.0 Å². The van der Waals surface area contributed by atoms with Crippen LogP contribution in [0.4, 0.5) is 13.2 Å². The fraction of sp³-hybridized carbons (Fsp3) is 0.364. The van der Waals surface area contributed by atoms with Crippen molar-refractivity contribution in [1.82, 2.24) is 4.90 Å². The molecule has 0 N–H and O–H groups in total. The summed E-state index contributed by atoms with van der Waals surface area (Å²) in [6, 6.07) is 13.0. The normalized spacial score (nSPS) is 16.3. The zero-order valence-electron chi connectivity index (χ0n) is 16.4. The van der Waals surface area contributed by atoms with Gasteiger partial charge >= 0.3 is 6.18 Å². The quantitative estimate of drug-likeness (QED) is 0.684. The molecule has 7 heteroatoms. The molecule has 0 aliphatic carbocycles. The summed E-state index contributed by atoms with van der Waals surface area (Å²) >= 11 is 0. The van der Waals surface area contributed by atoms with Crippen molar-refractivity contribution >= 4 is 11.6 Å². The maximum atomic E-state index is 13.0. The highest BCUT2D eigenvalue weighted by Crippen LogP contribution is 2.30. The topological polar surface area (TPSA) is 41.9 Å². The second kappa shape index (κ2) is 8.68.